The van der Waals surface area contributed by atoms with E-state index in [4.69, 9.17) is 5.73 Å². The van der Waals surface area contributed by atoms with Crippen LogP contribution in [0.3, 0.4) is 0 Å². The largest absolute Gasteiger partial charge is 0.467 e. The van der Waals surface area contributed by atoms with E-state index in [1.807, 2.05) is 6.07 Å². The maximum atomic E-state index is 11.3. The van der Waals surface area contributed by atoms with Gasteiger partial charge in [-0.05, 0) is 12.5 Å². The Balaban J connectivity index is 2.94. The van der Waals surface area contributed by atoms with E-state index < -0.39 is 17.6 Å². The zero-order valence-corrected chi connectivity index (χ0v) is 8.81. The highest BCUT2D eigenvalue weighted by atomic mass is 16.5. The van der Waals surface area contributed by atoms with Crippen molar-refractivity contribution < 1.29 is 14.6 Å². The van der Waals surface area contributed by atoms with E-state index in [9.17, 15) is 9.90 Å². The van der Waals surface area contributed by atoms with Crippen LogP contribution in [-0.4, -0.2) is 23.8 Å². The Labute approximate surface area is 88.7 Å². The van der Waals surface area contributed by atoms with E-state index in [1.54, 1.807) is 24.3 Å². The van der Waals surface area contributed by atoms with Crippen LogP contribution in [0, 0.1) is 0 Å². The lowest BCUT2D eigenvalue weighted by atomic mass is 9.91. The standard InChI is InChI=1S/C11H15NO3/c1-11(14,10(13)15-2)9(12)8-6-4-3-5-7-8/h3-7,9,14H,12H2,1-2H3/t9-,11+/m0/s1. The molecule has 0 fully saturated rings. The quantitative estimate of drug-likeness (QED) is 0.715. The Morgan fingerprint density at radius 1 is 1.47 bits per heavy atom. The van der Waals surface area contributed by atoms with Gasteiger partial charge in [0.15, 0.2) is 5.60 Å². The van der Waals surface area contributed by atoms with E-state index in [0.29, 0.717) is 5.56 Å². The number of benzene rings is 1. The molecule has 1 aromatic carbocycles. The first kappa shape index (κ1) is 11.7. The minimum absolute atomic E-state index is 0.688. The zero-order valence-electron chi connectivity index (χ0n) is 8.81. The van der Waals surface area contributed by atoms with Crippen LogP contribution in [0.15, 0.2) is 30.3 Å². The molecule has 1 aromatic rings. The number of carbonyl (C=O) groups is 1. The van der Waals surface area contributed by atoms with Crippen molar-refractivity contribution in [3.63, 3.8) is 0 Å². The summed E-state index contributed by atoms with van der Waals surface area (Å²) in [6.07, 6.45) is 0. The normalized spacial score (nSPS) is 16.5. The van der Waals surface area contributed by atoms with E-state index in [-0.39, 0.29) is 0 Å². The fourth-order valence-corrected chi connectivity index (χ4v) is 1.32. The Morgan fingerprint density at radius 2 is 2.00 bits per heavy atom. The molecule has 0 amide bonds. The monoisotopic (exact) mass is 209 g/mol. The third-order valence-electron chi connectivity index (χ3n) is 2.36. The Morgan fingerprint density at radius 3 is 2.47 bits per heavy atom. The van der Waals surface area contributed by atoms with Crippen LogP contribution >= 0.6 is 0 Å². The van der Waals surface area contributed by atoms with E-state index in [2.05, 4.69) is 4.74 Å². The van der Waals surface area contributed by atoms with Crippen LogP contribution < -0.4 is 5.73 Å². The minimum atomic E-state index is -1.71. The van der Waals surface area contributed by atoms with Crippen molar-refractivity contribution in [2.45, 2.75) is 18.6 Å². The second-order valence-electron chi connectivity index (χ2n) is 3.53. The van der Waals surface area contributed by atoms with Gasteiger partial charge in [-0.3, -0.25) is 0 Å². The molecule has 0 bridgehead atoms. The maximum Gasteiger partial charge on any atom is 0.339 e. The molecule has 0 heterocycles. The molecular formula is C11H15NO3. The molecule has 2 atom stereocenters. The number of methoxy groups -OCH3 is 1. The molecular weight excluding hydrogens is 194 g/mol. The molecule has 0 saturated heterocycles. The van der Waals surface area contributed by atoms with Gasteiger partial charge in [0.05, 0.1) is 13.2 Å². The Kier molecular flexibility index (Phi) is 3.44. The van der Waals surface area contributed by atoms with Crippen molar-refractivity contribution >= 4 is 5.97 Å². The summed E-state index contributed by atoms with van der Waals surface area (Å²) in [6.45, 7) is 1.34. The van der Waals surface area contributed by atoms with Crippen molar-refractivity contribution in [2.75, 3.05) is 7.11 Å². The number of carbonyl (C=O) groups excluding carboxylic acids is 1. The number of esters is 1. The molecule has 3 N–H and O–H groups in total. The Bertz CT molecular complexity index is 335. The topological polar surface area (TPSA) is 72.5 Å². The van der Waals surface area contributed by atoms with Gasteiger partial charge >= 0.3 is 5.97 Å². The molecule has 1 rings (SSSR count). The van der Waals surface area contributed by atoms with Gasteiger partial charge in [0, 0.05) is 0 Å². The van der Waals surface area contributed by atoms with Gasteiger partial charge in [0.25, 0.3) is 0 Å². The average molecular weight is 209 g/mol. The summed E-state index contributed by atoms with van der Waals surface area (Å²) in [4.78, 5) is 11.3. The summed E-state index contributed by atoms with van der Waals surface area (Å²) in [7, 11) is 1.22. The molecule has 0 aromatic heterocycles. The first-order valence-electron chi connectivity index (χ1n) is 4.61. The lowest BCUT2D eigenvalue weighted by Crippen LogP contribution is -2.46. The molecule has 82 valence electrons. The first-order chi connectivity index (χ1) is 7.00. The minimum Gasteiger partial charge on any atom is -0.467 e. The van der Waals surface area contributed by atoms with Crippen molar-refractivity contribution in [1.82, 2.24) is 0 Å². The van der Waals surface area contributed by atoms with Gasteiger partial charge in [0.2, 0.25) is 0 Å². The number of rotatable bonds is 3. The lowest BCUT2D eigenvalue weighted by molar-refractivity contribution is -0.162. The molecule has 0 aliphatic carbocycles. The number of aliphatic hydroxyl groups is 1. The molecule has 4 nitrogen and oxygen atoms in total. The van der Waals surface area contributed by atoms with Gasteiger partial charge in [0.1, 0.15) is 0 Å². The summed E-state index contributed by atoms with van der Waals surface area (Å²) < 4.78 is 4.49. The molecule has 0 spiro atoms. The summed E-state index contributed by atoms with van der Waals surface area (Å²) in [5.41, 5.74) is 4.77. The Hall–Kier alpha value is -1.39. The highest BCUT2D eigenvalue weighted by Crippen LogP contribution is 2.24. The second kappa shape index (κ2) is 4.42. The van der Waals surface area contributed by atoms with Gasteiger partial charge in [-0.2, -0.15) is 0 Å². The van der Waals surface area contributed by atoms with Crippen LogP contribution in [0.4, 0.5) is 0 Å². The lowest BCUT2D eigenvalue weighted by Gasteiger charge is -2.27. The van der Waals surface area contributed by atoms with E-state index >= 15 is 0 Å². The van der Waals surface area contributed by atoms with Crippen LogP contribution in [0.25, 0.3) is 0 Å². The van der Waals surface area contributed by atoms with Crippen molar-refractivity contribution in [3.8, 4) is 0 Å². The van der Waals surface area contributed by atoms with Crippen LogP contribution in [-0.2, 0) is 9.53 Å². The number of nitrogens with two attached hydrogens (primary N) is 1. The predicted molar refractivity (Wildman–Crippen MR) is 56.0 cm³/mol. The summed E-state index contributed by atoms with van der Waals surface area (Å²) in [6, 6.07) is 8.13. The number of ether oxygens (including phenoxy) is 1. The predicted octanol–water partition coefficient (Wildman–Crippen LogP) is 0.610. The molecule has 0 aliphatic heterocycles. The molecule has 4 heteroatoms. The van der Waals surface area contributed by atoms with Crippen molar-refractivity contribution in [2.24, 2.45) is 5.73 Å². The molecule has 0 unspecified atom stereocenters. The fraction of sp³-hybridized carbons (Fsp3) is 0.364. The molecule has 0 radical (unpaired) electrons. The smallest absolute Gasteiger partial charge is 0.339 e. The third-order valence-corrected chi connectivity index (χ3v) is 2.36. The fourth-order valence-electron chi connectivity index (χ4n) is 1.32. The van der Waals surface area contributed by atoms with Crippen LogP contribution in [0.5, 0.6) is 0 Å². The van der Waals surface area contributed by atoms with Gasteiger partial charge in [-0.15, -0.1) is 0 Å². The zero-order chi connectivity index (χ0) is 11.5. The molecule has 0 saturated carbocycles. The van der Waals surface area contributed by atoms with Crippen molar-refractivity contribution in [3.05, 3.63) is 35.9 Å². The number of hydrogen-bond donors (Lipinski definition) is 2. The van der Waals surface area contributed by atoms with Crippen molar-refractivity contribution in [1.29, 1.82) is 0 Å². The van der Waals surface area contributed by atoms with E-state index in [1.165, 1.54) is 14.0 Å². The number of hydrogen-bond acceptors (Lipinski definition) is 4. The first-order valence-corrected chi connectivity index (χ1v) is 4.61. The average Bonchev–Trinajstić information content (AvgIpc) is 2.28. The van der Waals surface area contributed by atoms with Gasteiger partial charge in [-0.25, -0.2) is 4.79 Å². The van der Waals surface area contributed by atoms with Crippen LogP contribution in [0.2, 0.25) is 0 Å². The summed E-state index contributed by atoms with van der Waals surface area (Å²) in [5, 5.41) is 9.91. The highest BCUT2D eigenvalue weighted by Gasteiger charge is 2.39. The van der Waals surface area contributed by atoms with E-state index in [0.717, 1.165) is 0 Å². The summed E-state index contributed by atoms with van der Waals surface area (Å²) >= 11 is 0. The third kappa shape index (κ3) is 2.34. The highest BCUT2D eigenvalue weighted by molar-refractivity contribution is 5.79. The maximum absolute atomic E-state index is 11.3. The van der Waals surface area contributed by atoms with Crippen LogP contribution in [0.1, 0.15) is 18.5 Å². The van der Waals surface area contributed by atoms with Gasteiger partial charge < -0.3 is 15.6 Å². The second-order valence-corrected chi connectivity index (χ2v) is 3.53. The molecule has 15 heavy (non-hydrogen) atoms. The van der Waals surface area contributed by atoms with Gasteiger partial charge in [-0.1, -0.05) is 30.3 Å². The molecule has 0 aliphatic rings. The summed E-state index contributed by atoms with van der Waals surface area (Å²) in [5.74, 6) is -0.737. The SMILES string of the molecule is COC(=O)[C@](C)(O)[C@@H](N)c1ccccc1.